The molecule has 0 radical (unpaired) electrons. The Balaban J connectivity index is 1.19. The van der Waals surface area contributed by atoms with Gasteiger partial charge in [-0.25, -0.2) is 4.98 Å². The zero-order valence-electron chi connectivity index (χ0n) is 20.5. The van der Waals surface area contributed by atoms with Crippen LogP contribution in [-0.2, 0) is 12.4 Å². The van der Waals surface area contributed by atoms with E-state index in [1.54, 1.807) is 11.3 Å². The molecule has 208 valence electrons. The van der Waals surface area contributed by atoms with Crippen molar-refractivity contribution in [3.63, 3.8) is 0 Å². The molecule has 0 unspecified atom stereocenters. The molecule has 1 fully saturated rings. The molecule has 0 amide bonds. The summed E-state index contributed by atoms with van der Waals surface area (Å²) in [4.78, 5) is 8.50. The number of aromatic nitrogens is 1. The predicted octanol–water partition coefficient (Wildman–Crippen LogP) is 5.08. The zero-order chi connectivity index (χ0) is 27.5. The number of hydrogen-bond donors (Lipinski definition) is 1. The molecule has 1 N–H and O–H groups in total. The monoisotopic (exact) mass is 563 g/mol. The van der Waals surface area contributed by atoms with Gasteiger partial charge in [-0.05, 0) is 37.3 Å². The van der Waals surface area contributed by atoms with Crippen molar-refractivity contribution in [2.45, 2.75) is 25.4 Å². The number of benzene rings is 2. The number of aliphatic hydroxyl groups is 1. The summed E-state index contributed by atoms with van der Waals surface area (Å²) in [6.07, 6.45) is -10.5. The zero-order valence-corrected chi connectivity index (χ0v) is 21.3. The Labute approximate surface area is 219 Å². The van der Waals surface area contributed by atoms with Crippen molar-refractivity contribution >= 4 is 21.6 Å². The van der Waals surface area contributed by atoms with Crippen molar-refractivity contribution in [1.29, 1.82) is 0 Å². The standard InChI is InChI=1S/C25H27F6N3O3S/c1-16-32-22-13-20(2-3-23(22)38-16)37-15-19(35)14-34-6-4-33(5-7-34)8-9-36-21-11-17(24(26,27)28)10-18(12-21)25(29,30)31/h2-3,10-13,19,35H,4-9,14-15H2,1H3/t19-/m1/s1. The van der Waals surface area contributed by atoms with Gasteiger partial charge in [0.25, 0.3) is 0 Å². The molecular formula is C25H27F6N3O3S. The lowest BCUT2D eigenvalue weighted by Gasteiger charge is -2.35. The van der Waals surface area contributed by atoms with Crippen LogP contribution in [0.25, 0.3) is 10.2 Å². The molecule has 1 saturated heterocycles. The van der Waals surface area contributed by atoms with Crippen LogP contribution < -0.4 is 9.47 Å². The molecule has 1 aliphatic rings. The average Bonchev–Trinajstić information content (AvgIpc) is 3.22. The van der Waals surface area contributed by atoms with Gasteiger partial charge in [-0.15, -0.1) is 11.3 Å². The number of thiazole rings is 1. The van der Waals surface area contributed by atoms with Gasteiger partial charge in [0.1, 0.15) is 30.8 Å². The van der Waals surface area contributed by atoms with Crippen molar-refractivity contribution in [3.05, 3.63) is 52.5 Å². The third kappa shape index (κ3) is 7.71. The Morgan fingerprint density at radius 1 is 0.895 bits per heavy atom. The van der Waals surface area contributed by atoms with Gasteiger partial charge in [-0.2, -0.15) is 26.3 Å². The molecule has 6 nitrogen and oxygen atoms in total. The van der Waals surface area contributed by atoms with Crippen LogP contribution in [0.5, 0.6) is 11.5 Å². The lowest BCUT2D eigenvalue weighted by Crippen LogP contribution is -2.50. The molecule has 1 atom stereocenters. The second-order valence-electron chi connectivity index (χ2n) is 9.06. The van der Waals surface area contributed by atoms with Gasteiger partial charge < -0.3 is 14.6 Å². The van der Waals surface area contributed by atoms with Gasteiger partial charge >= 0.3 is 12.4 Å². The van der Waals surface area contributed by atoms with E-state index in [1.807, 2.05) is 30.0 Å². The highest BCUT2D eigenvalue weighted by Crippen LogP contribution is 2.38. The fourth-order valence-electron chi connectivity index (χ4n) is 4.15. The summed E-state index contributed by atoms with van der Waals surface area (Å²) in [5, 5.41) is 11.4. The molecule has 13 heteroatoms. The molecule has 1 aliphatic heterocycles. The average molecular weight is 564 g/mol. The normalized spacial score (nSPS) is 16.6. The molecule has 38 heavy (non-hydrogen) atoms. The van der Waals surface area contributed by atoms with Gasteiger partial charge in [0, 0.05) is 45.3 Å². The fourth-order valence-corrected chi connectivity index (χ4v) is 4.96. The molecule has 2 aromatic carbocycles. The first-order valence-corrected chi connectivity index (χ1v) is 12.7. The Morgan fingerprint density at radius 2 is 1.53 bits per heavy atom. The SMILES string of the molecule is Cc1nc2cc(OC[C@H](O)CN3CCN(CCOc4cc(C(F)(F)F)cc(C(F)(F)F)c4)CC3)ccc2s1. The van der Waals surface area contributed by atoms with E-state index in [0.29, 0.717) is 57.2 Å². The first-order chi connectivity index (χ1) is 17.9. The quantitative estimate of drug-likeness (QED) is 0.367. The van der Waals surface area contributed by atoms with E-state index in [-0.39, 0.29) is 19.3 Å². The minimum atomic E-state index is -4.92. The van der Waals surface area contributed by atoms with Crippen LogP contribution in [0.1, 0.15) is 16.1 Å². The summed E-state index contributed by atoms with van der Waals surface area (Å²) in [5.74, 6) is 0.160. The highest BCUT2D eigenvalue weighted by Gasteiger charge is 2.37. The lowest BCUT2D eigenvalue weighted by molar-refractivity contribution is -0.143. The number of β-amino-alcohol motifs (C(OH)–C–C–N with tert-alkyl or cyclic N) is 1. The minimum absolute atomic E-state index is 0.0576. The number of aliphatic hydroxyl groups excluding tert-OH is 1. The van der Waals surface area contributed by atoms with Gasteiger partial charge in [0.2, 0.25) is 0 Å². The van der Waals surface area contributed by atoms with Gasteiger partial charge in [-0.1, -0.05) is 0 Å². The maximum atomic E-state index is 13.0. The van der Waals surface area contributed by atoms with Crippen LogP contribution in [-0.4, -0.2) is 78.5 Å². The summed E-state index contributed by atoms with van der Waals surface area (Å²) < 4.78 is 90.1. The van der Waals surface area contributed by atoms with E-state index in [1.165, 1.54) is 0 Å². The summed E-state index contributed by atoms with van der Waals surface area (Å²) in [6.45, 7) is 5.28. The van der Waals surface area contributed by atoms with Crippen molar-refractivity contribution in [1.82, 2.24) is 14.8 Å². The maximum Gasteiger partial charge on any atom is 0.416 e. The molecule has 4 rings (SSSR count). The summed E-state index contributed by atoms with van der Waals surface area (Å²) in [5.41, 5.74) is -1.96. The molecule has 0 bridgehead atoms. The van der Waals surface area contributed by atoms with Crippen LogP contribution in [0.4, 0.5) is 26.3 Å². The number of hydrogen-bond acceptors (Lipinski definition) is 7. The van der Waals surface area contributed by atoms with Crippen LogP contribution in [0.15, 0.2) is 36.4 Å². The van der Waals surface area contributed by atoms with Crippen LogP contribution in [0.2, 0.25) is 0 Å². The number of fused-ring (bicyclic) bond motifs is 1. The number of rotatable bonds is 9. The first kappa shape index (κ1) is 28.4. The summed E-state index contributed by atoms with van der Waals surface area (Å²) in [7, 11) is 0. The fraction of sp³-hybridized carbons (Fsp3) is 0.480. The molecule has 1 aromatic heterocycles. The number of aryl methyl sites for hydroxylation is 1. The molecule has 2 heterocycles. The van der Waals surface area contributed by atoms with Crippen molar-refractivity contribution in [2.75, 3.05) is 52.5 Å². The molecule has 0 saturated carbocycles. The predicted molar refractivity (Wildman–Crippen MR) is 131 cm³/mol. The van der Waals surface area contributed by atoms with Gasteiger partial charge in [-0.3, -0.25) is 9.80 Å². The third-order valence-corrected chi connectivity index (χ3v) is 7.03. The number of nitrogens with zero attached hydrogens (tertiary/aromatic N) is 3. The first-order valence-electron chi connectivity index (χ1n) is 11.9. The van der Waals surface area contributed by atoms with E-state index < -0.39 is 35.3 Å². The van der Waals surface area contributed by atoms with E-state index in [0.717, 1.165) is 15.2 Å². The number of piperazine rings is 1. The Hall–Kier alpha value is -2.61. The molecule has 0 aliphatic carbocycles. The smallest absolute Gasteiger partial charge is 0.416 e. The van der Waals surface area contributed by atoms with Crippen LogP contribution >= 0.6 is 11.3 Å². The Kier molecular flexibility index (Phi) is 8.70. The number of halogens is 6. The Bertz CT molecular complexity index is 1190. The molecule has 3 aromatic rings. The van der Waals surface area contributed by atoms with E-state index in [9.17, 15) is 31.4 Å². The second kappa shape index (κ2) is 11.6. The molecule has 0 spiro atoms. The van der Waals surface area contributed by atoms with Gasteiger partial charge in [0.15, 0.2) is 0 Å². The van der Waals surface area contributed by atoms with Crippen molar-refractivity contribution in [2.24, 2.45) is 0 Å². The summed E-state index contributed by atoms with van der Waals surface area (Å²) >= 11 is 1.60. The number of alkyl halides is 6. The van der Waals surface area contributed by atoms with E-state index in [2.05, 4.69) is 9.88 Å². The van der Waals surface area contributed by atoms with Crippen LogP contribution in [0, 0.1) is 6.92 Å². The van der Waals surface area contributed by atoms with Crippen molar-refractivity contribution in [3.8, 4) is 11.5 Å². The Morgan fingerprint density at radius 3 is 2.16 bits per heavy atom. The van der Waals surface area contributed by atoms with Crippen LogP contribution in [0.3, 0.4) is 0 Å². The topological polar surface area (TPSA) is 58.1 Å². The highest BCUT2D eigenvalue weighted by atomic mass is 32.1. The van der Waals surface area contributed by atoms with E-state index >= 15 is 0 Å². The second-order valence-corrected chi connectivity index (χ2v) is 10.3. The molecular weight excluding hydrogens is 536 g/mol. The highest BCUT2D eigenvalue weighted by molar-refractivity contribution is 7.18. The maximum absolute atomic E-state index is 13.0. The summed E-state index contributed by atoms with van der Waals surface area (Å²) in [6, 6.07) is 6.85. The number of ether oxygens (including phenoxy) is 2. The largest absolute Gasteiger partial charge is 0.492 e. The van der Waals surface area contributed by atoms with E-state index in [4.69, 9.17) is 9.47 Å². The lowest BCUT2D eigenvalue weighted by atomic mass is 10.1. The van der Waals surface area contributed by atoms with Crippen molar-refractivity contribution < 1.29 is 40.9 Å². The minimum Gasteiger partial charge on any atom is -0.492 e. The third-order valence-electron chi connectivity index (χ3n) is 6.08. The van der Waals surface area contributed by atoms with Gasteiger partial charge in [0.05, 0.1) is 26.4 Å².